The first-order valence-electron chi connectivity index (χ1n) is 6.73. The largest absolute Gasteiger partial charge is 0.314 e. The van der Waals surface area contributed by atoms with Crippen LogP contribution in [0.3, 0.4) is 0 Å². The number of hydrogen-bond acceptors (Lipinski definition) is 2. The number of benzene rings is 1. The lowest BCUT2D eigenvalue weighted by Crippen LogP contribution is -2.45. The highest BCUT2D eigenvalue weighted by molar-refractivity contribution is 9.13. The van der Waals surface area contributed by atoms with Crippen LogP contribution >= 0.6 is 56.7 Å². The molecule has 2 nitrogen and oxygen atoms in total. The van der Waals surface area contributed by atoms with E-state index in [0.29, 0.717) is 6.04 Å². The number of halogens is 4. The molecule has 0 saturated carbocycles. The Hall–Kier alpha value is 0.420. The molecule has 0 spiro atoms. The summed E-state index contributed by atoms with van der Waals surface area (Å²) in [5.41, 5.74) is 1.39. The van der Waals surface area contributed by atoms with Gasteiger partial charge in [-0.25, -0.2) is 0 Å². The summed E-state index contributed by atoms with van der Waals surface area (Å²) in [7, 11) is 0. The topological polar surface area (TPSA) is 15.3 Å². The zero-order chi connectivity index (χ0) is 13.7. The Labute approximate surface area is 156 Å². The number of nitrogens with zero attached hydrogens (tertiary/aromatic N) is 1. The summed E-state index contributed by atoms with van der Waals surface area (Å²) >= 11 is 7.15. The molecule has 2 rings (SSSR count). The lowest BCUT2D eigenvalue weighted by molar-refractivity contribution is 0.166. The molecule has 0 aromatic heterocycles. The predicted molar refractivity (Wildman–Crippen MR) is 103 cm³/mol. The molecule has 1 fully saturated rings. The first kappa shape index (κ1) is 21.4. The monoisotopic (exact) mass is 458 g/mol. The van der Waals surface area contributed by atoms with Gasteiger partial charge in [-0.1, -0.05) is 12.1 Å². The van der Waals surface area contributed by atoms with E-state index in [2.05, 4.69) is 66.9 Å². The van der Waals surface area contributed by atoms with Gasteiger partial charge in [0.25, 0.3) is 0 Å². The quantitative estimate of drug-likeness (QED) is 0.624. The highest BCUT2D eigenvalue weighted by atomic mass is 79.9. The Balaban J connectivity index is 0.00000200. The van der Waals surface area contributed by atoms with E-state index >= 15 is 0 Å². The summed E-state index contributed by atoms with van der Waals surface area (Å²) in [6, 6.07) is 7.08. The fourth-order valence-corrected chi connectivity index (χ4v) is 3.19. The Kier molecular flexibility index (Phi) is 11.3. The van der Waals surface area contributed by atoms with E-state index in [0.717, 1.165) is 48.0 Å². The molecule has 1 aromatic carbocycles. The van der Waals surface area contributed by atoms with Gasteiger partial charge in [-0.15, -0.1) is 31.4 Å². The van der Waals surface area contributed by atoms with Crippen LogP contribution in [0.15, 0.2) is 39.8 Å². The average Bonchev–Trinajstić information content (AvgIpc) is 2.44. The highest BCUT2D eigenvalue weighted by Gasteiger charge is 2.21. The SMILES string of the molecule is C=CCC[C@H](c1ccc(Br)c(Br)c1)N1CCNCC1.Cl.Cl. The van der Waals surface area contributed by atoms with Crippen molar-refractivity contribution < 1.29 is 0 Å². The van der Waals surface area contributed by atoms with Gasteiger partial charge in [0.05, 0.1) is 0 Å². The van der Waals surface area contributed by atoms with Gasteiger partial charge in [-0.2, -0.15) is 0 Å². The van der Waals surface area contributed by atoms with E-state index in [1.807, 2.05) is 6.08 Å². The summed E-state index contributed by atoms with van der Waals surface area (Å²) in [6.45, 7) is 8.27. The molecule has 0 aliphatic carbocycles. The third-order valence-corrected chi connectivity index (χ3v) is 5.44. The first-order valence-corrected chi connectivity index (χ1v) is 8.31. The standard InChI is InChI=1S/C15H20Br2N2.2ClH/c1-2-3-4-15(19-9-7-18-8-10-19)12-5-6-13(16)14(17)11-12;;/h2,5-6,11,15,18H,1,3-4,7-10H2;2*1H/t15-;;/m1../s1. The molecule has 1 heterocycles. The molecule has 0 radical (unpaired) electrons. The second-order valence-corrected chi connectivity index (χ2v) is 6.55. The van der Waals surface area contributed by atoms with Gasteiger partial charge in [0.2, 0.25) is 0 Å². The van der Waals surface area contributed by atoms with Crippen LogP contribution in [0.5, 0.6) is 0 Å². The number of rotatable bonds is 5. The maximum atomic E-state index is 3.86. The van der Waals surface area contributed by atoms with Gasteiger partial charge in [-0.3, -0.25) is 4.90 Å². The molecule has 1 aliphatic heterocycles. The molecule has 120 valence electrons. The van der Waals surface area contributed by atoms with Crippen molar-refractivity contribution in [2.75, 3.05) is 26.2 Å². The smallest absolute Gasteiger partial charge is 0.0352 e. The number of piperazine rings is 1. The Morgan fingerprint density at radius 3 is 2.43 bits per heavy atom. The second kappa shape index (κ2) is 11.0. The molecule has 0 amide bonds. The fraction of sp³-hybridized carbons (Fsp3) is 0.467. The normalized spacial score (nSPS) is 16.5. The summed E-state index contributed by atoms with van der Waals surface area (Å²) in [4.78, 5) is 2.58. The van der Waals surface area contributed by atoms with Crippen molar-refractivity contribution in [2.45, 2.75) is 18.9 Å². The van der Waals surface area contributed by atoms with Crippen LogP contribution in [0.25, 0.3) is 0 Å². The fourth-order valence-electron chi connectivity index (χ4n) is 2.55. The first-order chi connectivity index (χ1) is 9.22. The van der Waals surface area contributed by atoms with Gasteiger partial charge in [0.15, 0.2) is 0 Å². The van der Waals surface area contributed by atoms with E-state index in [1.165, 1.54) is 5.56 Å². The van der Waals surface area contributed by atoms with Gasteiger partial charge >= 0.3 is 0 Å². The van der Waals surface area contributed by atoms with Crippen LogP contribution in [-0.4, -0.2) is 31.1 Å². The summed E-state index contributed by atoms with van der Waals surface area (Å²) < 4.78 is 2.24. The molecule has 1 N–H and O–H groups in total. The molecule has 1 saturated heterocycles. The van der Waals surface area contributed by atoms with Crippen molar-refractivity contribution in [3.05, 3.63) is 45.4 Å². The van der Waals surface area contributed by atoms with Crippen LogP contribution in [0, 0.1) is 0 Å². The number of nitrogens with one attached hydrogen (secondary N) is 1. The summed E-state index contributed by atoms with van der Waals surface area (Å²) in [6.07, 6.45) is 4.21. The lowest BCUT2D eigenvalue weighted by atomic mass is 9.99. The van der Waals surface area contributed by atoms with Crippen molar-refractivity contribution in [3.63, 3.8) is 0 Å². The molecule has 1 aliphatic rings. The predicted octanol–water partition coefficient (Wildman–Crippen LogP) is 4.97. The van der Waals surface area contributed by atoms with Crippen molar-refractivity contribution >= 4 is 56.7 Å². The minimum absolute atomic E-state index is 0. The molecule has 6 heteroatoms. The summed E-state index contributed by atoms with van der Waals surface area (Å²) in [5.74, 6) is 0. The average molecular weight is 461 g/mol. The molecular formula is C15H22Br2Cl2N2. The van der Waals surface area contributed by atoms with Gasteiger partial charge in [-0.05, 0) is 62.4 Å². The molecule has 0 unspecified atom stereocenters. The molecular weight excluding hydrogens is 439 g/mol. The van der Waals surface area contributed by atoms with Crippen LogP contribution in [-0.2, 0) is 0 Å². The van der Waals surface area contributed by atoms with Crippen LogP contribution in [0.2, 0.25) is 0 Å². The zero-order valence-corrected chi connectivity index (χ0v) is 16.7. The second-order valence-electron chi connectivity index (χ2n) is 4.84. The van der Waals surface area contributed by atoms with Gasteiger partial charge in [0, 0.05) is 41.2 Å². The maximum absolute atomic E-state index is 3.86. The van der Waals surface area contributed by atoms with Gasteiger partial charge in [0.1, 0.15) is 0 Å². The minimum Gasteiger partial charge on any atom is -0.314 e. The van der Waals surface area contributed by atoms with Crippen LogP contribution < -0.4 is 5.32 Å². The van der Waals surface area contributed by atoms with E-state index in [4.69, 9.17) is 0 Å². The van der Waals surface area contributed by atoms with Crippen molar-refractivity contribution in [1.29, 1.82) is 0 Å². The number of hydrogen-bond donors (Lipinski definition) is 1. The number of allylic oxidation sites excluding steroid dienone is 1. The molecule has 1 aromatic rings. The minimum atomic E-state index is 0. The third-order valence-electron chi connectivity index (χ3n) is 3.57. The van der Waals surface area contributed by atoms with E-state index < -0.39 is 0 Å². The maximum Gasteiger partial charge on any atom is 0.0352 e. The van der Waals surface area contributed by atoms with Gasteiger partial charge < -0.3 is 5.32 Å². The summed E-state index contributed by atoms with van der Waals surface area (Å²) in [5, 5.41) is 3.42. The molecule has 1 atom stereocenters. The van der Waals surface area contributed by atoms with Crippen molar-refractivity contribution in [3.8, 4) is 0 Å². The van der Waals surface area contributed by atoms with Crippen molar-refractivity contribution in [2.24, 2.45) is 0 Å². The van der Waals surface area contributed by atoms with Crippen LogP contribution in [0.4, 0.5) is 0 Å². The molecule has 0 bridgehead atoms. The van der Waals surface area contributed by atoms with Crippen LogP contribution in [0.1, 0.15) is 24.4 Å². The lowest BCUT2D eigenvalue weighted by Gasteiger charge is -2.35. The van der Waals surface area contributed by atoms with Crippen molar-refractivity contribution in [1.82, 2.24) is 10.2 Å². The molecule has 21 heavy (non-hydrogen) atoms. The highest BCUT2D eigenvalue weighted by Crippen LogP contribution is 2.31. The third kappa shape index (κ3) is 6.20. The Bertz CT molecular complexity index is 438. The Morgan fingerprint density at radius 1 is 1.19 bits per heavy atom. The van der Waals surface area contributed by atoms with E-state index in [-0.39, 0.29) is 24.8 Å². The van der Waals surface area contributed by atoms with E-state index in [1.54, 1.807) is 0 Å². The zero-order valence-electron chi connectivity index (χ0n) is 11.9. The van der Waals surface area contributed by atoms with E-state index in [9.17, 15) is 0 Å². The Morgan fingerprint density at radius 2 is 1.86 bits per heavy atom.